The first kappa shape index (κ1) is 17.8. The summed E-state index contributed by atoms with van der Waals surface area (Å²) in [7, 11) is 0.967. The van der Waals surface area contributed by atoms with E-state index in [1.165, 1.54) is 18.2 Å². The van der Waals surface area contributed by atoms with Crippen LogP contribution in [-0.4, -0.2) is 14.3 Å². The minimum absolute atomic E-state index is 0.118. The van der Waals surface area contributed by atoms with Crippen molar-refractivity contribution in [2.45, 2.75) is 6.18 Å². The van der Waals surface area contributed by atoms with Crippen LogP contribution < -0.4 is 11.2 Å². The summed E-state index contributed by atoms with van der Waals surface area (Å²) in [5.41, 5.74) is -1.70. The largest absolute Gasteiger partial charge is 0.431 e. The molecule has 0 aliphatic heterocycles. The summed E-state index contributed by atoms with van der Waals surface area (Å²) in [6, 6.07) is 13.9. The van der Waals surface area contributed by atoms with Gasteiger partial charge in [-0.1, -0.05) is 35.5 Å². The third kappa shape index (κ3) is 2.81. The Labute approximate surface area is 155 Å². The lowest BCUT2D eigenvalue weighted by molar-refractivity contribution is -0.144. The number of rotatable bonds is 2. The number of benzene rings is 2. The lowest BCUT2D eigenvalue weighted by Gasteiger charge is -2.13. The van der Waals surface area contributed by atoms with Crippen molar-refractivity contribution in [1.29, 1.82) is 0 Å². The average Bonchev–Trinajstić information content (AvgIpc) is 3.08. The predicted octanol–water partition coefficient (Wildman–Crippen LogP) is 3.36. The van der Waals surface area contributed by atoms with E-state index in [-0.39, 0.29) is 5.69 Å². The molecule has 0 amide bonds. The monoisotopic (exact) mass is 387 g/mol. The van der Waals surface area contributed by atoms with Gasteiger partial charge in [0.25, 0.3) is 5.56 Å². The van der Waals surface area contributed by atoms with Crippen molar-refractivity contribution in [3.63, 3.8) is 0 Å². The minimum Gasteiger partial charge on any atom is -0.356 e. The van der Waals surface area contributed by atoms with Gasteiger partial charge in [-0.2, -0.15) is 13.2 Å². The Morgan fingerprint density at radius 1 is 1.00 bits per heavy atom. The number of alkyl halides is 3. The van der Waals surface area contributed by atoms with Crippen molar-refractivity contribution in [1.82, 2.24) is 14.3 Å². The maximum absolute atomic E-state index is 13.0. The highest BCUT2D eigenvalue weighted by Crippen LogP contribution is 2.30. The zero-order valence-electron chi connectivity index (χ0n) is 14.4. The van der Waals surface area contributed by atoms with Gasteiger partial charge >= 0.3 is 11.9 Å². The number of hydrogen-bond donors (Lipinski definition) is 0. The van der Waals surface area contributed by atoms with Crippen molar-refractivity contribution in [2.24, 2.45) is 7.05 Å². The van der Waals surface area contributed by atoms with E-state index >= 15 is 0 Å². The van der Waals surface area contributed by atoms with E-state index in [0.29, 0.717) is 31.9 Å². The first-order chi connectivity index (χ1) is 13.3. The Balaban J connectivity index is 1.95. The van der Waals surface area contributed by atoms with Crippen molar-refractivity contribution >= 4 is 11.0 Å². The maximum Gasteiger partial charge on any atom is 0.431 e. The number of aromatic nitrogens is 3. The second-order valence-corrected chi connectivity index (χ2v) is 6.12. The lowest BCUT2D eigenvalue weighted by atomic mass is 10.1. The van der Waals surface area contributed by atoms with E-state index in [4.69, 9.17) is 4.52 Å². The third-order valence-corrected chi connectivity index (χ3v) is 4.37. The van der Waals surface area contributed by atoms with Gasteiger partial charge in [0.05, 0.1) is 11.1 Å². The van der Waals surface area contributed by atoms with Crippen molar-refractivity contribution < 1.29 is 17.7 Å². The SMILES string of the molecule is Cn1c(C(F)(F)F)cc(=O)n(-c2ccc3onc(-c4ccccc4)c3c2)c1=O. The lowest BCUT2D eigenvalue weighted by Crippen LogP contribution is -2.40. The molecule has 0 saturated carbocycles. The van der Waals surface area contributed by atoms with Gasteiger partial charge in [-0.25, -0.2) is 9.36 Å². The first-order valence-corrected chi connectivity index (χ1v) is 8.13. The Hall–Kier alpha value is -3.62. The number of hydrogen-bond acceptors (Lipinski definition) is 4. The summed E-state index contributed by atoms with van der Waals surface area (Å²) in [5, 5.41) is 4.54. The van der Waals surface area contributed by atoms with Gasteiger partial charge in [0.2, 0.25) is 0 Å². The fraction of sp³-hybridized carbons (Fsp3) is 0.105. The van der Waals surface area contributed by atoms with E-state index in [9.17, 15) is 22.8 Å². The van der Waals surface area contributed by atoms with E-state index < -0.39 is 23.1 Å². The molecule has 0 N–H and O–H groups in total. The van der Waals surface area contributed by atoms with Crippen LogP contribution in [-0.2, 0) is 13.2 Å². The standard InChI is InChI=1S/C19H12F3N3O3/c1-24-15(19(20,21)22)10-16(26)25(18(24)27)12-7-8-14-13(9-12)17(23-28-14)11-5-3-2-4-6-11/h2-10H,1H3. The molecule has 0 aliphatic carbocycles. The first-order valence-electron chi connectivity index (χ1n) is 8.13. The van der Waals surface area contributed by atoms with Crippen molar-refractivity contribution in [2.75, 3.05) is 0 Å². The molecule has 28 heavy (non-hydrogen) atoms. The van der Waals surface area contributed by atoms with Gasteiger partial charge in [0, 0.05) is 18.7 Å². The molecule has 0 unspecified atom stereocenters. The summed E-state index contributed by atoms with van der Waals surface area (Å²) in [6.45, 7) is 0. The van der Waals surface area contributed by atoms with Crippen LogP contribution in [0.2, 0.25) is 0 Å². The van der Waals surface area contributed by atoms with E-state index in [0.717, 1.165) is 12.6 Å². The van der Waals surface area contributed by atoms with Gasteiger partial charge in [0.15, 0.2) is 5.58 Å². The Morgan fingerprint density at radius 3 is 2.39 bits per heavy atom. The average molecular weight is 387 g/mol. The molecule has 2 heterocycles. The molecule has 6 nitrogen and oxygen atoms in total. The normalized spacial score (nSPS) is 11.9. The molecule has 2 aromatic heterocycles. The topological polar surface area (TPSA) is 70.0 Å². The zero-order valence-corrected chi connectivity index (χ0v) is 14.4. The molecular formula is C19H12F3N3O3. The van der Waals surface area contributed by atoms with Gasteiger partial charge in [-0.15, -0.1) is 0 Å². The molecule has 4 aromatic rings. The maximum atomic E-state index is 13.0. The summed E-state index contributed by atoms with van der Waals surface area (Å²) in [6.07, 6.45) is -4.81. The fourth-order valence-corrected chi connectivity index (χ4v) is 3.01. The molecule has 4 rings (SSSR count). The molecule has 0 spiro atoms. The second-order valence-electron chi connectivity index (χ2n) is 6.12. The molecule has 0 aliphatic rings. The molecular weight excluding hydrogens is 375 g/mol. The van der Waals surface area contributed by atoms with Crippen LogP contribution in [0.5, 0.6) is 0 Å². The van der Waals surface area contributed by atoms with Crippen molar-refractivity contribution in [3.05, 3.63) is 81.1 Å². The molecule has 0 fully saturated rings. The highest BCUT2D eigenvalue weighted by atomic mass is 19.4. The number of fused-ring (bicyclic) bond motifs is 1. The zero-order chi connectivity index (χ0) is 20.1. The molecule has 0 radical (unpaired) electrons. The van der Waals surface area contributed by atoms with E-state index in [1.54, 1.807) is 0 Å². The van der Waals surface area contributed by atoms with Gasteiger partial charge < -0.3 is 4.52 Å². The Bertz CT molecular complexity index is 1300. The van der Waals surface area contributed by atoms with Gasteiger partial charge in [0.1, 0.15) is 11.4 Å². The summed E-state index contributed by atoms with van der Waals surface area (Å²) >= 11 is 0. The summed E-state index contributed by atoms with van der Waals surface area (Å²) in [5.74, 6) is 0. The van der Waals surface area contributed by atoms with Crippen LogP contribution in [0.3, 0.4) is 0 Å². The highest BCUT2D eigenvalue weighted by Gasteiger charge is 2.35. The Morgan fingerprint density at radius 2 is 1.71 bits per heavy atom. The van der Waals surface area contributed by atoms with Crippen molar-refractivity contribution in [3.8, 4) is 16.9 Å². The Kier molecular flexibility index (Phi) is 3.95. The minimum atomic E-state index is -4.81. The van der Waals surface area contributed by atoms with Gasteiger partial charge in [-0.3, -0.25) is 9.36 Å². The quantitative estimate of drug-likeness (QED) is 0.529. The van der Waals surface area contributed by atoms with Crippen LogP contribution in [0.4, 0.5) is 13.2 Å². The van der Waals surface area contributed by atoms with Crippen LogP contribution >= 0.6 is 0 Å². The highest BCUT2D eigenvalue weighted by molar-refractivity contribution is 5.92. The molecule has 0 saturated heterocycles. The van der Waals surface area contributed by atoms with Crippen LogP contribution in [0.15, 0.2) is 68.7 Å². The smallest absolute Gasteiger partial charge is 0.356 e. The third-order valence-electron chi connectivity index (χ3n) is 4.37. The predicted molar refractivity (Wildman–Crippen MR) is 95.3 cm³/mol. The number of halogens is 3. The van der Waals surface area contributed by atoms with Crippen LogP contribution in [0.25, 0.3) is 27.9 Å². The summed E-state index contributed by atoms with van der Waals surface area (Å²) in [4.78, 5) is 24.8. The molecule has 0 bridgehead atoms. The van der Waals surface area contributed by atoms with Crippen LogP contribution in [0.1, 0.15) is 5.69 Å². The molecule has 0 atom stereocenters. The summed E-state index contributed by atoms with van der Waals surface area (Å²) < 4.78 is 45.4. The van der Waals surface area contributed by atoms with Gasteiger partial charge in [-0.05, 0) is 18.2 Å². The molecule has 2 aromatic carbocycles. The fourth-order valence-electron chi connectivity index (χ4n) is 3.01. The van der Waals surface area contributed by atoms with E-state index in [2.05, 4.69) is 5.16 Å². The second kappa shape index (κ2) is 6.22. The molecule has 142 valence electrons. The van der Waals surface area contributed by atoms with Crippen LogP contribution in [0, 0.1) is 0 Å². The van der Waals surface area contributed by atoms with E-state index in [1.807, 2.05) is 30.3 Å². The number of nitrogens with zero attached hydrogens (tertiary/aromatic N) is 3. The molecule has 9 heteroatoms.